The third-order valence-corrected chi connectivity index (χ3v) is 5.16. The standard InChI is InChI=1S/C8H7N3OS.C2H7O2PS2/c12-8-6-3-1-2-4-7(6)9-10-11(8)5-13;1-3-5(6,7)4-2/h1-4,13H,5H2;1-2H3,(H,6,7)/p-1. The van der Waals surface area contributed by atoms with Crippen molar-refractivity contribution < 1.29 is 9.05 Å². The van der Waals surface area contributed by atoms with Gasteiger partial charge >= 0.3 is 0 Å². The number of hydrogen-bond donors (Lipinski definition) is 1. The van der Waals surface area contributed by atoms with E-state index in [1.807, 2.05) is 6.07 Å². The van der Waals surface area contributed by atoms with Crippen molar-refractivity contribution in [3.8, 4) is 0 Å². The molecule has 0 saturated carbocycles. The molecule has 6 nitrogen and oxygen atoms in total. The predicted molar refractivity (Wildman–Crippen MR) is 88.5 cm³/mol. The molecule has 0 fully saturated rings. The van der Waals surface area contributed by atoms with Crippen LogP contribution in [0.1, 0.15) is 0 Å². The second-order valence-corrected chi connectivity index (χ2v) is 8.85. The molecule has 110 valence electrons. The molecule has 0 aliphatic rings. The molecule has 0 aliphatic carbocycles. The lowest BCUT2D eigenvalue weighted by Gasteiger charge is -2.22. The van der Waals surface area contributed by atoms with Crippen LogP contribution in [0.5, 0.6) is 0 Å². The molecule has 1 aromatic heterocycles. The van der Waals surface area contributed by atoms with Gasteiger partial charge in [0.2, 0.25) is 0 Å². The fraction of sp³-hybridized carbons (Fsp3) is 0.300. The summed E-state index contributed by atoms with van der Waals surface area (Å²) in [6.07, 6.45) is 0. The van der Waals surface area contributed by atoms with Gasteiger partial charge in [0.25, 0.3) is 5.56 Å². The molecule has 0 amide bonds. The van der Waals surface area contributed by atoms with Gasteiger partial charge in [-0.25, -0.2) is 4.68 Å². The van der Waals surface area contributed by atoms with Crippen molar-refractivity contribution >= 4 is 53.3 Å². The Morgan fingerprint density at radius 3 is 2.50 bits per heavy atom. The maximum Gasteiger partial charge on any atom is 0.278 e. The molecule has 0 spiro atoms. The highest BCUT2D eigenvalue weighted by atomic mass is 32.9. The first-order valence-electron chi connectivity index (χ1n) is 5.31. The molecular weight excluding hydrogens is 337 g/mol. The van der Waals surface area contributed by atoms with Gasteiger partial charge in [-0.2, -0.15) is 12.6 Å². The van der Waals surface area contributed by atoms with E-state index < -0.39 is 5.69 Å². The minimum Gasteiger partial charge on any atom is -0.691 e. The van der Waals surface area contributed by atoms with E-state index in [0.717, 1.165) is 0 Å². The molecule has 0 N–H and O–H groups in total. The van der Waals surface area contributed by atoms with Gasteiger partial charge in [-0.05, 0) is 12.1 Å². The second-order valence-electron chi connectivity index (χ2n) is 3.37. The fourth-order valence-electron chi connectivity index (χ4n) is 1.19. The first-order chi connectivity index (χ1) is 9.45. The molecule has 20 heavy (non-hydrogen) atoms. The van der Waals surface area contributed by atoms with E-state index in [1.165, 1.54) is 18.9 Å². The average Bonchev–Trinajstić information content (AvgIpc) is 2.49. The van der Waals surface area contributed by atoms with Crippen molar-refractivity contribution in [1.29, 1.82) is 0 Å². The third kappa shape index (κ3) is 4.83. The van der Waals surface area contributed by atoms with Crippen molar-refractivity contribution in [2.75, 3.05) is 14.2 Å². The van der Waals surface area contributed by atoms with Crippen molar-refractivity contribution in [1.82, 2.24) is 15.0 Å². The first kappa shape index (κ1) is 17.6. The molecule has 1 heterocycles. The highest BCUT2D eigenvalue weighted by Gasteiger charge is 2.01. The highest BCUT2D eigenvalue weighted by molar-refractivity contribution is 8.51. The first-order valence-corrected chi connectivity index (χ1v) is 9.59. The fourth-order valence-corrected chi connectivity index (χ4v) is 1.52. The van der Waals surface area contributed by atoms with E-state index in [9.17, 15) is 4.79 Å². The zero-order valence-corrected chi connectivity index (χ0v) is 14.2. The lowest BCUT2D eigenvalue weighted by molar-refractivity contribution is 0.354. The van der Waals surface area contributed by atoms with Gasteiger partial charge in [0.1, 0.15) is 5.52 Å². The molecule has 0 unspecified atom stereocenters. The van der Waals surface area contributed by atoms with Crippen molar-refractivity contribution in [2.24, 2.45) is 0 Å². The number of fused-ring (bicyclic) bond motifs is 1. The zero-order valence-electron chi connectivity index (χ0n) is 10.8. The van der Waals surface area contributed by atoms with Crippen LogP contribution in [0.15, 0.2) is 29.1 Å². The number of rotatable bonds is 3. The highest BCUT2D eigenvalue weighted by Crippen LogP contribution is 2.43. The van der Waals surface area contributed by atoms with Gasteiger partial charge in [-0.3, -0.25) is 4.79 Å². The molecule has 0 radical (unpaired) electrons. The van der Waals surface area contributed by atoms with Gasteiger partial charge in [0.05, 0.1) is 17.0 Å². The number of hydrogen-bond acceptors (Lipinski definition) is 8. The molecular formula is C10H13N3O3PS3-. The SMILES string of the molecule is COP(=S)([S-])OC.O=c1c2ccccc2nnn1CS. The molecule has 2 rings (SSSR count). The average molecular weight is 350 g/mol. The van der Waals surface area contributed by atoms with E-state index >= 15 is 0 Å². The summed E-state index contributed by atoms with van der Waals surface area (Å²) in [6.45, 7) is 0. The quantitative estimate of drug-likeness (QED) is 0.514. The van der Waals surface area contributed by atoms with E-state index in [-0.39, 0.29) is 11.4 Å². The Kier molecular flexibility index (Phi) is 7.14. The zero-order chi connectivity index (χ0) is 15.2. The normalized spacial score (nSPS) is 11.0. The van der Waals surface area contributed by atoms with Crippen LogP contribution in [0.4, 0.5) is 0 Å². The Bertz CT molecular complexity index is 671. The van der Waals surface area contributed by atoms with Crippen LogP contribution in [0.3, 0.4) is 0 Å². The summed E-state index contributed by atoms with van der Waals surface area (Å²) in [5.74, 6) is 0.247. The molecule has 1 aromatic carbocycles. The number of nitrogens with zero attached hydrogens (tertiary/aromatic N) is 3. The lowest BCUT2D eigenvalue weighted by Crippen LogP contribution is -2.22. The summed E-state index contributed by atoms with van der Waals surface area (Å²) in [5, 5.41) is 8.16. The molecule has 0 bridgehead atoms. The van der Waals surface area contributed by atoms with Gasteiger partial charge < -0.3 is 21.3 Å². The molecule has 0 atom stereocenters. The predicted octanol–water partition coefficient (Wildman–Crippen LogP) is 1.73. The minimum absolute atomic E-state index is 0.152. The topological polar surface area (TPSA) is 66.2 Å². The maximum absolute atomic E-state index is 11.6. The number of thiol groups is 1. The molecule has 10 heteroatoms. The summed E-state index contributed by atoms with van der Waals surface area (Å²) in [6, 6.07) is 7.11. The van der Waals surface area contributed by atoms with Crippen molar-refractivity contribution in [2.45, 2.75) is 5.88 Å². The van der Waals surface area contributed by atoms with Crippen LogP contribution < -0.4 is 5.56 Å². The largest absolute Gasteiger partial charge is 0.691 e. The third-order valence-electron chi connectivity index (χ3n) is 2.21. The van der Waals surface area contributed by atoms with Gasteiger partial charge in [-0.1, -0.05) is 29.2 Å². The van der Waals surface area contributed by atoms with E-state index in [4.69, 9.17) is 0 Å². The molecule has 0 aliphatic heterocycles. The Balaban J connectivity index is 0.000000246. The number of aromatic nitrogens is 3. The van der Waals surface area contributed by atoms with Crippen molar-refractivity contribution in [3.05, 3.63) is 34.6 Å². The summed E-state index contributed by atoms with van der Waals surface area (Å²) in [7, 11) is 2.91. The summed E-state index contributed by atoms with van der Waals surface area (Å²) >= 11 is 13.2. The van der Waals surface area contributed by atoms with Gasteiger partial charge in [0, 0.05) is 14.2 Å². The van der Waals surface area contributed by atoms with E-state index in [0.29, 0.717) is 10.9 Å². The Hall–Kier alpha value is -0.440. The Morgan fingerprint density at radius 2 is 2.00 bits per heavy atom. The van der Waals surface area contributed by atoms with Crippen LogP contribution in [0, 0.1) is 0 Å². The minimum atomic E-state index is -2.24. The van der Waals surface area contributed by atoms with Gasteiger partial charge in [0.15, 0.2) is 0 Å². The Morgan fingerprint density at radius 1 is 1.40 bits per heavy atom. The van der Waals surface area contributed by atoms with Gasteiger partial charge in [-0.15, -0.1) is 5.10 Å². The summed E-state index contributed by atoms with van der Waals surface area (Å²) in [4.78, 5) is 11.6. The number of benzene rings is 1. The van der Waals surface area contributed by atoms with Crippen LogP contribution in [-0.4, -0.2) is 29.2 Å². The van der Waals surface area contributed by atoms with Crippen molar-refractivity contribution in [3.63, 3.8) is 0 Å². The van der Waals surface area contributed by atoms with E-state index in [1.54, 1.807) is 18.2 Å². The summed E-state index contributed by atoms with van der Waals surface area (Å²) < 4.78 is 10.4. The van der Waals surface area contributed by atoms with Crippen LogP contribution in [0.25, 0.3) is 10.9 Å². The van der Waals surface area contributed by atoms with E-state index in [2.05, 4.69) is 56.0 Å². The smallest absolute Gasteiger partial charge is 0.278 e. The molecule has 0 saturated heterocycles. The summed E-state index contributed by atoms with van der Waals surface area (Å²) in [5.41, 5.74) is -1.77. The van der Waals surface area contributed by atoms with Crippen LogP contribution in [-0.2, 0) is 39.0 Å². The lowest BCUT2D eigenvalue weighted by atomic mass is 10.2. The Labute approximate surface area is 132 Å². The monoisotopic (exact) mass is 350 g/mol. The maximum atomic E-state index is 11.6. The van der Waals surface area contributed by atoms with Crippen LogP contribution >= 0.6 is 18.3 Å². The van der Waals surface area contributed by atoms with Crippen LogP contribution in [0.2, 0.25) is 0 Å². The molecule has 2 aromatic rings. The second kappa shape index (κ2) is 8.11.